The van der Waals surface area contributed by atoms with Gasteiger partial charge in [-0.1, -0.05) is 28.4 Å². The molecule has 90 valence electrons. The van der Waals surface area contributed by atoms with Crippen LogP contribution in [0.25, 0.3) is 0 Å². The Morgan fingerprint density at radius 2 is 2.18 bits per heavy atom. The van der Waals surface area contributed by atoms with E-state index in [1.165, 1.54) is 0 Å². The summed E-state index contributed by atoms with van der Waals surface area (Å²) in [6.07, 6.45) is 2.41. The van der Waals surface area contributed by atoms with E-state index in [0.29, 0.717) is 16.5 Å². The first-order chi connectivity index (χ1) is 8.06. The van der Waals surface area contributed by atoms with Gasteiger partial charge >= 0.3 is 0 Å². The van der Waals surface area contributed by atoms with E-state index in [4.69, 9.17) is 28.9 Å². The van der Waals surface area contributed by atoms with Crippen molar-refractivity contribution in [1.82, 2.24) is 15.0 Å². The molecule has 0 saturated carbocycles. The van der Waals surface area contributed by atoms with Crippen LogP contribution in [0.15, 0.2) is 24.4 Å². The third-order valence-corrected chi connectivity index (χ3v) is 3.02. The Morgan fingerprint density at radius 3 is 2.82 bits per heavy atom. The van der Waals surface area contributed by atoms with E-state index in [1.54, 1.807) is 22.9 Å². The number of hydrogen-bond acceptors (Lipinski definition) is 3. The lowest BCUT2D eigenvalue weighted by Gasteiger charge is -2.12. The standard InChI is InChI=1S/C11H12Cl2N4/c1-17-6-8(15-16-17)5-11(14)9-4-7(12)2-3-10(9)13/h2-4,6,11H,5,14H2,1H3. The minimum Gasteiger partial charge on any atom is -0.324 e. The predicted molar refractivity (Wildman–Crippen MR) is 68.1 cm³/mol. The molecule has 2 rings (SSSR count). The van der Waals surface area contributed by atoms with Crippen LogP contribution in [0.2, 0.25) is 10.0 Å². The number of hydrogen-bond donors (Lipinski definition) is 1. The van der Waals surface area contributed by atoms with Gasteiger partial charge in [0.2, 0.25) is 0 Å². The molecule has 0 aliphatic rings. The van der Waals surface area contributed by atoms with E-state index in [-0.39, 0.29) is 6.04 Å². The van der Waals surface area contributed by atoms with Gasteiger partial charge in [0.15, 0.2) is 0 Å². The van der Waals surface area contributed by atoms with Crippen molar-refractivity contribution in [3.63, 3.8) is 0 Å². The summed E-state index contributed by atoms with van der Waals surface area (Å²) in [5.41, 5.74) is 7.74. The van der Waals surface area contributed by atoms with E-state index >= 15 is 0 Å². The second kappa shape index (κ2) is 5.04. The highest BCUT2D eigenvalue weighted by atomic mass is 35.5. The van der Waals surface area contributed by atoms with E-state index < -0.39 is 0 Å². The summed E-state index contributed by atoms with van der Waals surface area (Å²) in [5, 5.41) is 9.09. The molecule has 2 aromatic rings. The van der Waals surface area contributed by atoms with Gasteiger partial charge in [-0.3, -0.25) is 4.68 Å². The number of halogens is 2. The van der Waals surface area contributed by atoms with Gasteiger partial charge in [0.25, 0.3) is 0 Å². The second-order valence-electron chi connectivity index (χ2n) is 3.86. The maximum Gasteiger partial charge on any atom is 0.0845 e. The molecule has 0 aliphatic heterocycles. The summed E-state index contributed by atoms with van der Waals surface area (Å²) in [6, 6.07) is 5.03. The van der Waals surface area contributed by atoms with Crippen molar-refractivity contribution in [3.05, 3.63) is 45.7 Å². The van der Waals surface area contributed by atoms with Gasteiger partial charge < -0.3 is 5.73 Å². The van der Waals surface area contributed by atoms with Crippen molar-refractivity contribution in [3.8, 4) is 0 Å². The van der Waals surface area contributed by atoms with Crippen molar-refractivity contribution in [2.45, 2.75) is 12.5 Å². The van der Waals surface area contributed by atoms with Gasteiger partial charge in [-0.25, -0.2) is 0 Å². The molecule has 1 aromatic carbocycles. The summed E-state index contributed by atoms with van der Waals surface area (Å²) in [5.74, 6) is 0. The SMILES string of the molecule is Cn1cc(CC(N)c2cc(Cl)ccc2Cl)nn1. The van der Waals surface area contributed by atoms with Crippen LogP contribution in [0.1, 0.15) is 17.3 Å². The fraction of sp³-hybridized carbons (Fsp3) is 0.273. The second-order valence-corrected chi connectivity index (χ2v) is 4.70. The summed E-state index contributed by atoms with van der Waals surface area (Å²) in [6.45, 7) is 0. The molecule has 0 bridgehead atoms. The zero-order chi connectivity index (χ0) is 12.4. The van der Waals surface area contributed by atoms with Crippen molar-refractivity contribution in [1.29, 1.82) is 0 Å². The number of benzene rings is 1. The van der Waals surface area contributed by atoms with Crippen LogP contribution >= 0.6 is 23.2 Å². The van der Waals surface area contributed by atoms with Crippen LogP contribution in [0.4, 0.5) is 0 Å². The van der Waals surface area contributed by atoms with E-state index in [2.05, 4.69) is 10.3 Å². The molecule has 2 N–H and O–H groups in total. The largest absolute Gasteiger partial charge is 0.324 e. The van der Waals surface area contributed by atoms with Crippen LogP contribution in [-0.2, 0) is 13.5 Å². The van der Waals surface area contributed by atoms with Crippen molar-refractivity contribution < 1.29 is 0 Å². The predicted octanol–water partition coefficient (Wildman–Crippen LogP) is 2.36. The molecule has 17 heavy (non-hydrogen) atoms. The summed E-state index contributed by atoms with van der Waals surface area (Å²) in [4.78, 5) is 0. The molecule has 1 heterocycles. The lowest BCUT2D eigenvalue weighted by Crippen LogP contribution is -2.14. The lowest BCUT2D eigenvalue weighted by atomic mass is 10.0. The van der Waals surface area contributed by atoms with Gasteiger partial charge in [-0.2, -0.15) is 0 Å². The van der Waals surface area contributed by atoms with E-state index in [0.717, 1.165) is 11.3 Å². The number of rotatable bonds is 3. The Hall–Kier alpha value is -1.10. The molecular formula is C11H12Cl2N4. The highest BCUT2D eigenvalue weighted by Crippen LogP contribution is 2.26. The van der Waals surface area contributed by atoms with Crippen molar-refractivity contribution in [2.24, 2.45) is 12.8 Å². The monoisotopic (exact) mass is 270 g/mol. The highest BCUT2D eigenvalue weighted by molar-refractivity contribution is 6.33. The molecule has 0 spiro atoms. The number of aryl methyl sites for hydroxylation is 1. The molecule has 1 atom stereocenters. The Balaban J connectivity index is 2.19. The topological polar surface area (TPSA) is 56.7 Å². The van der Waals surface area contributed by atoms with Crippen LogP contribution in [0.5, 0.6) is 0 Å². The number of aromatic nitrogens is 3. The fourth-order valence-electron chi connectivity index (χ4n) is 1.62. The minimum atomic E-state index is -0.238. The normalized spacial score (nSPS) is 12.7. The average molecular weight is 271 g/mol. The zero-order valence-corrected chi connectivity index (χ0v) is 10.8. The van der Waals surface area contributed by atoms with Crippen molar-refractivity contribution in [2.75, 3.05) is 0 Å². The fourth-order valence-corrected chi connectivity index (χ4v) is 2.06. The van der Waals surface area contributed by atoms with Gasteiger partial charge in [0.05, 0.1) is 5.69 Å². The third-order valence-electron chi connectivity index (χ3n) is 2.44. The molecule has 1 unspecified atom stereocenters. The molecule has 4 nitrogen and oxygen atoms in total. The molecule has 1 aromatic heterocycles. The van der Waals surface area contributed by atoms with Crippen LogP contribution < -0.4 is 5.73 Å². The van der Waals surface area contributed by atoms with Crippen molar-refractivity contribution >= 4 is 23.2 Å². The first-order valence-corrected chi connectivity index (χ1v) is 5.87. The van der Waals surface area contributed by atoms with Gasteiger partial charge in [-0.05, 0) is 23.8 Å². The number of nitrogens with zero attached hydrogens (tertiary/aromatic N) is 3. The van der Waals surface area contributed by atoms with Gasteiger partial charge in [0.1, 0.15) is 0 Å². The molecule has 0 radical (unpaired) electrons. The maximum atomic E-state index is 6.09. The van der Waals surface area contributed by atoms with Gasteiger partial charge in [0, 0.05) is 35.8 Å². The smallest absolute Gasteiger partial charge is 0.0845 e. The van der Waals surface area contributed by atoms with Crippen LogP contribution in [-0.4, -0.2) is 15.0 Å². The molecule has 0 amide bonds. The molecule has 6 heteroatoms. The lowest BCUT2D eigenvalue weighted by molar-refractivity contribution is 0.694. The van der Waals surface area contributed by atoms with Gasteiger partial charge in [-0.15, -0.1) is 5.10 Å². The van der Waals surface area contributed by atoms with E-state index in [9.17, 15) is 0 Å². The van der Waals surface area contributed by atoms with E-state index in [1.807, 2.05) is 13.2 Å². The third kappa shape index (κ3) is 2.97. The summed E-state index contributed by atoms with van der Waals surface area (Å²) >= 11 is 12.0. The molecular weight excluding hydrogens is 259 g/mol. The first-order valence-electron chi connectivity index (χ1n) is 5.12. The minimum absolute atomic E-state index is 0.238. The number of nitrogens with two attached hydrogens (primary N) is 1. The summed E-state index contributed by atoms with van der Waals surface area (Å²) < 4.78 is 1.64. The molecule has 0 fully saturated rings. The Morgan fingerprint density at radius 1 is 1.41 bits per heavy atom. The average Bonchev–Trinajstić information content (AvgIpc) is 2.67. The quantitative estimate of drug-likeness (QED) is 0.932. The Labute approximate surface area is 109 Å². The highest BCUT2D eigenvalue weighted by Gasteiger charge is 2.13. The Kier molecular flexibility index (Phi) is 3.66. The van der Waals surface area contributed by atoms with Crippen LogP contribution in [0, 0.1) is 0 Å². The first kappa shape index (κ1) is 12.4. The molecule has 0 saturated heterocycles. The van der Waals surface area contributed by atoms with Crippen LogP contribution in [0.3, 0.4) is 0 Å². The zero-order valence-electron chi connectivity index (χ0n) is 9.27. The Bertz CT molecular complexity index is 524. The maximum absolute atomic E-state index is 6.09. The summed E-state index contributed by atoms with van der Waals surface area (Å²) in [7, 11) is 1.81. The molecule has 0 aliphatic carbocycles.